The molecule has 1 aliphatic rings. The van der Waals surface area contributed by atoms with E-state index in [1.54, 1.807) is 0 Å². The first kappa shape index (κ1) is 18.9. The van der Waals surface area contributed by atoms with Gasteiger partial charge in [-0.25, -0.2) is 0 Å². The van der Waals surface area contributed by atoms with Crippen LogP contribution in [0.2, 0.25) is 0 Å². The van der Waals surface area contributed by atoms with E-state index in [9.17, 15) is 0 Å². The summed E-state index contributed by atoms with van der Waals surface area (Å²) in [7, 11) is 4.08. The number of hydrogen-bond acceptors (Lipinski definition) is 3. The van der Waals surface area contributed by atoms with Gasteiger partial charge in [-0.3, -0.25) is 0 Å². The summed E-state index contributed by atoms with van der Waals surface area (Å²) in [6.45, 7) is 1.55. The van der Waals surface area contributed by atoms with E-state index in [0.29, 0.717) is 6.61 Å². The van der Waals surface area contributed by atoms with E-state index in [0.717, 1.165) is 25.1 Å². The van der Waals surface area contributed by atoms with Gasteiger partial charge in [-0.15, -0.1) is 12.4 Å². The second kappa shape index (κ2) is 9.75. The fraction of sp³-hybridized carbons (Fsp3) is 0.533. The highest BCUT2D eigenvalue weighted by Gasteiger charge is 2.13. The zero-order valence-electron chi connectivity index (χ0n) is 12.3. The number of likely N-dealkylation sites (N-methyl/N-ethyl adjacent to an activating group) is 1. The van der Waals surface area contributed by atoms with Crippen molar-refractivity contribution in [3.8, 4) is 0 Å². The summed E-state index contributed by atoms with van der Waals surface area (Å²) in [6, 6.07) is 8.55. The number of benzene rings is 1. The summed E-state index contributed by atoms with van der Waals surface area (Å²) in [4.78, 5) is 7.54. The molecule has 5 heteroatoms. The molecule has 0 atom stereocenters. The summed E-state index contributed by atoms with van der Waals surface area (Å²) < 4.78 is 0. The molecule has 0 saturated carbocycles. The van der Waals surface area contributed by atoms with Crippen LogP contribution in [0, 0.1) is 0 Å². The Morgan fingerprint density at radius 2 is 1.85 bits per heavy atom. The Hall–Kier alpha value is -1.10. The average Bonchev–Trinajstić information content (AvgIpc) is 2.57. The summed E-state index contributed by atoms with van der Waals surface area (Å²) in [5.41, 5.74) is 3.80. The Morgan fingerprint density at radius 1 is 1.15 bits per heavy atom. The van der Waals surface area contributed by atoms with E-state index in [1.165, 1.54) is 24.0 Å². The first-order valence-corrected chi connectivity index (χ1v) is 6.69. The van der Waals surface area contributed by atoms with Crippen LogP contribution >= 0.6 is 12.4 Å². The lowest BCUT2D eigenvalue weighted by molar-refractivity contribution is 0.125. The Bertz CT molecular complexity index is 422. The lowest BCUT2D eigenvalue weighted by Crippen LogP contribution is -2.17. The van der Waals surface area contributed by atoms with Gasteiger partial charge < -0.3 is 15.2 Å². The van der Waals surface area contributed by atoms with Crippen LogP contribution in [-0.2, 0) is 11.3 Å². The second-order valence-electron chi connectivity index (χ2n) is 5.04. The van der Waals surface area contributed by atoms with Gasteiger partial charge >= 0.3 is 0 Å². The van der Waals surface area contributed by atoms with Crippen molar-refractivity contribution in [2.24, 2.45) is 5.16 Å². The molecule has 0 aliphatic heterocycles. The quantitative estimate of drug-likeness (QED) is 0.487. The predicted octanol–water partition coefficient (Wildman–Crippen LogP) is 2.29. The smallest absolute Gasteiger partial charge is 0.129 e. The minimum atomic E-state index is 0. The van der Waals surface area contributed by atoms with Crippen LogP contribution in [0.25, 0.3) is 0 Å². The van der Waals surface area contributed by atoms with Gasteiger partial charge in [0.25, 0.3) is 0 Å². The lowest BCUT2D eigenvalue weighted by atomic mass is 10.0. The molecule has 0 aromatic heterocycles. The highest BCUT2D eigenvalue weighted by molar-refractivity contribution is 6.01. The molecule has 1 aromatic rings. The monoisotopic (exact) mass is 300 g/mol. The molecule has 2 rings (SSSR count). The fourth-order valence-corrected chi connectivity index (χ4v) is 2.20. The van der Waals surface area contributed by atoms with Crippen molar-refractivity contribution in [1.82, 2.24) is 4.90 Å². The van der Waals surface area contributed by atoms with Gasteiger partial charge in [0.05, 0.1) is 5.71 Å². The molecule has 1 aromatic carbocycles. The topological polar surface area (TPSA) is 56.3 Å². The number of aryl methyl sites for hydroxylation is 1. The van der Waals surface area contributed by atoms with Crippen LogP contribution in [-0.4, -0.2) is 43.3 Å². The fourth-order valence-electron chi connectivity index (χ4n) is 2.20. The van der Waals surface area contributed by atoms with Gasteiger partial charge in [-0.1, -0.05) is 29.4 Å². The summed E-state index contributed by atoms with van der Waals surface area (Å²) in [5, 5.41) is 4.35. The highest BCUT2D eigenvalue weighted by atomic mass is 35.5. The third-order valence-electron chi connectivity index (χ3n) is 3.24. The Kier molecular flexibility index (Phi) is 9.21. The van der Waals surface area contributed by atoms with Crippen molar-refractivity contribution in [3.05, 3.63) is 35.4 Å². The number of hydrogen-bond donors (Lipinski definition) is 0. The van der Waals surface area contributed by atoms with Crippen LogP contribution in [0.4, 0.5) is 0 Å². The largest absolute Gasteiger partial charge is 0.412 e. The van der Waals surface area contributed by atoms with Crippen molar-refractivity contribution < 1.29 is 10.3 Å². The van der Waals surface area contributed by atoms with E-state index < -0.39 is 0 Å². The minimum Gasteiger partial charge on any atom is -0.412 e. The number of fused-ring (bicyclic) bond motifs is 1. The molecular weight excluding hydrogens is 276 g/mol. The van der Waals surface area contributed by atoms with Crippen molar-refractivity contribution in [2.45, 2.75) is 25.7 Å². The maximum absolute atomic E-state index is 5.44. The Morgan fingerprint density at radius 3 is 2.60 bits per heavy atom. The van der Waals surface area contributed by atoms with E-state index >= 15 is 0 Å². The molecule has 0 radical (unpaired) electrons. The molecule has 0 amide bonds. The number of rotatable bonds is 4. The van der Waals surface area contributed by atoms with E-state index in [1.807, 2.05) is 14.1 Å². The van der Waals surface area contributed by atoms with Crippen LogP contribution < -0.4 is 0 Å². The standard InChI is InChI=1S/C15H22N2O.ClH.H2O/c1-17(2)11-12-18-16-15-10-6-4-8-13-7-3-5-9-14(13)15;;/h3,5,7,9H,4,6,8,10-12H2,1-2H3;1H;1H2/b16-15+;;. The summed E-state index contributed by atoms with van der Waals surface area (Å²) in [6.07, 6.45) is 4.63. The molecule has 1 aliphatic carbocycles. The van der Waals surface area contributed by atoms with Crippen molar-refractivity contribution in [3.63, 3.8) is 0 Å². The number of halogens is 1. The molecule has 20 heavy (non-hydrogen) atoms. The molecule has 0 spiro atoms. The first-order chi connectivity index (χ1) is 8.77. The molecule has 0 heterocycles. The molecular formula is C15H25ClN2O2. The normalized spacial score (nSPS) is 15.8. The van der Waals surface area contributed by atoms with Crippen molar-refractivity contribution >= 4 is 18.1 Å². The average molecular weight is 301 g/mol. The molecule has 114 valence electrons. The molecule has 0 bridgehead atoms. The van der Waals surface area contributed by atoms with Crippen molar-refractivity contribution in [2.75, 3.05) is 27.2 Å². The predicted molar refractivity (Wildman–Crippen MR) is 85.9 cm³/mol. The zero-order valence-corrected chi connectivity index (χ0v) is 13.1. The van der Waals surface area contributed by atoms with Crippen LogP contribution in [0.1, 0.15) is 30.4 Å². The van der Waals surface area contributed by atoms with Gasteiger partial charge in [0, 0.05) is 12.1 Å². The first-order valence-electron chi connectivity index (χ1n) is 6.69. The maximum Gasteiger partial charge on any atom is 0.129 e. The summed E-state index contributed by atoms with van der Waals surface area (Å²) >= 11 is 0. The Balaban J connectivity index is 0.00000180. The molecule has 0 fully saturated rings. The number of oxime groups is 1. The SMILES string of the molecule is CN(C)CCO/N=C1\CCCCc2ccccc21.Cl.O. The molecule has 0 saturated heterocycles. The third-order valence-corrected chi connectivity index (χ3v) is 3.24. The zero-order chi connectivity index (χ0) is 12.8. The maximum atomic E-state index is 5.44. The van der Waals surface area contributed by atoms with Crippen LogP contribution in [0.15, 0.2) is 29.4 Å². The molecule has 0 unspecified atom stereocenters. The summed E-state index contributed by atoms with van der Waals surface area (Å²) in [5.74, 6) is 0. The lowest BCUT2D eigenvalue weighted by Gasteiger charge is -2.10. The highest BCUT2D eigenvalue weighted by Crippen LogP contribution is 2.21. The van der Waals surface area contributed by atoms with E-state index in [2.05, 4.69) is 34.3 Å². The van der Waals surface area contributed by atoms with Gasteiger partial charge in [0.1, 0.15) is 6.61 Å². The second-order valence-corrected chi connectivity index (χ2v) is 5.04. The molecule has 2 N–H and O–H groups in total. The molecule has 4 nitrogen and oxygen atoms in total. The minimum absolute atomic E-state index is 0. The van der Waals surface area contributed by atoms with Gasteiger partial charge in [0.2, 0.25) is 0 Å². The van der Waals surface area contributed by atoms with Crippen molar-refractivity contribution in [1.29, 1.82) is 0 Å². The van der Waals surface area contributed by atoms with Crippen LogP contribution in [0.5, 0.6) is 0 Å². The number of nitrogens with zero attached hydrogens (tertiary/aromatic N) is 2. The van der Waals surface area contributed by atoms with E-state index in [-0.39, 0.29) is 17.9 Å². The van der Waals surface area contributed by atoms with E-state index in [4.69, 9.17) is 4.84 Å². The van der Waals surface area contributed by atoms with Gasteiger partial charge in [-0.2, -0.15) is 0 Å². The van der Waals surface area contributed by atoms with Gasteiger partial charge in [-0.05, 0) is 45.3 Å². The van der Waals surface area contributed by atoms with Crippen LogP contribution in [0.3, 0.4) is 0 Å². The third kappa shape index (κ3) is 5.49. The Labute approximate surface area is 127 Å². The van der Waals surface area contributed by atoms with Gasteiger partial charge in [0.15, 0.2) is 0 Å².